The van der Waals surface area contributed by atoms with E-state index in [1.807, 2.05) is 0 Å². The molecule has 4 nitrogen and oxygen atoms in total. The molecule has 2 aliphatic carbocycles. The number of nitrogens with one attached hydrogen (secondary N) is 2. The fourth-order valence-corrected chi connectivity index (χ4v) is 3.89. The molecule has 1 aromatic carbocycles. The van der Waals surface area contributed by atoms with Crippen molar-refractivity contribution in [3.05, 3.63) is 35.9 Å². The Morgan fingerprint density at radius 3 is 2.50 bits per heavy atom. The number of hydrogen-bond acceptors (Lipinski definition) is 3. The summed E-state index contributed by atoms with van der Waals surface area (Å²) in [4.78, 5) is 11.5. The fraction of sp³-hybridized carbons (Fsp3) is 0.611. The Morgan fingerprint density at radius 2 is 1.86 bits per heavy atom. The Kier molecular flexibility index (Phi) is 4.79. The molecule has 1 amide bonds. The summed E-state index contributed by atoms with van der Waals surface area (Å²) in [5.41, 5.74) is 3.23. The van der Waals surface area contributed by atoms with Gasteiger partial charge in [-0.3, -0.25) is 10.0 Å². The van der Waals surface area contributed by atoms with Crippen LogP contribution in [-0.4, -0.2) is 23.2 Å². The van der Waals surface area contributed by atoms with Gasteiger partial charge in [-0.05, 0) is 50.5 Å². The molecule has 3 N–H and O–H groups in total. The number of carbonyl (C=O) groups is 1. The summed E-state index contributed by atoms with van der Waals surface area (Å²) in [6.07, 6.45) is 5.13. The first-order valence-corrected chi connectivity index (χ1v) is 8.44. The molecule has 3 rings (SSSR count). The first-order valence-electron chi connectivity index (χ1n) is 8.44. The molecule has 0 radical (unpaired) electrons. The average Bonchev–Trinajstić information content (AvgIpc) is 3.34. The Labute approximate surface area is 132 Å². The zero-order valence-corrected chi connectivity index (χ0v) is 13.2. The Hall–Kier alpha value is -1.39. The van der Waals surface area contributed by atoms with Crippen molar-refractivity contribution in [3.8, 4) is 0 Å². The van der Waals surface area contributed by atoms with Gasteiger partial charge in [0, 0.05) is 23.9 Å². The van der Waals surface area contributed by atoms with Gasteiger partial charge < -0.3 is 5.32 Å². The minimum atomic E-state index is -0.217. The standard InChI is InChI=1S/C18H26N2O2/c1-12(13-7-9-15(10-8-13)18(21)20-22)19-17-11-16(17)14-5-3-2-4-6-14/h2-6,12-13,15-17,19,22H,7-11H2,1H3,(H,20,21)/t12?,13-,15-,16?,17?. The van der Waals surface area contributed by atoms with Crippen LogP contribution in [0, 0.1) is 11.8 Å². The van der Waals surface area contributed by atoms with Gasteiger partial charge in [0.2, 0.25) is 5.91 Å². The van der Waals surface area contributed by atoms with Crippen LogP contribution in [0.25, 0.3) is 0 Å². The molecule has 0 aromatic heterocycles. The van der Waals surface area contributed by atoms with E-state index in [4.69, 9.17) is 5.21 Å². The van der Waals surface area contributed by atoms with Crippen molar-refractivity contribution in [2.75, 3.05) is 0 Å². The lowest BCUT2D eigenvalue weighted by atomic mass is 9.78. The van der Waals surface area contributed by atoms with Gasteiger partial charge in [-0.25, -0.2) is 5.48 Å². The topological polar surface area (TPSA) is 61.4 Å². The van der Waals surface area contributed by atoms with Crippen LogP contribution in [0.2, 0.25) is 0 Å². The molecule has 0 saturated heterocycles. The van der Waals surface area contributed by atoms with E-state index in [0.29, 0.717) is 23.9 Å². The van der Waals surface area contributed by atoms with Crippen LogP contribution < -0.4 is 10.8 Å². The minimum Gasteiger partial charge on any atom is -0.311 e. The Balaban J connectivity index is 1.44. The van der Waals surface area contributed by atoms with Crippen molar-refractivity contribution in [2.45, 2.75) is 57.0 Å². The SMILES string of the molecule is CC(NC1CC1c1ccccc1)[C@H]1CC[C@H](C(=O)NO)CC1. The summed E-state index contributed by atoms with van der Waals surface area (Å²) >= 11 is 0. The van der Waals surface area contributed by atoms with Crippen molar-refractivity contribution in [1.29, 1.82) is 0 Å². The molecule has 1 aromatic rings. The highest BCUT2D eigenvalue weighted by atomic mass is 16.5. The van der Waals surface area contributed by atoms with Crippen molar-refractivity contribution in [1.82, 2.24) is 10.8 Å². The molecule has 2 fully saturated rings. The summed E-state index contributed by atoms with van der Waals surface area (Å²) < 4.78 is 0. The summed E-state index contributed by atoms with van der Waals surface area (Å²) in [6, 6.07) is 11.8. The first-order chi connectivity index (χ1) is 10.7. The predicted octanol–water partition coefficient (Wildman–Crippen LogP) is 2.83. The number of hydroxylamine groups is 1. The van der Waals surface area contributed by atoms with Gasteiger partial charge in [0.15, 0.2) is 0 Å². The van der Waals surface area contributed by atoms with Gasteiger partial charge in [-0.15, -0.1) is 0 Å². The first kappa shape index (κ1) is 15.5. The Bertz CT molecular complexity index is 497. The van der Waals surface area contributed by atoms with E-state index in [1.54, 1.807) is 5.48 Å². The summed E-state index contributed by atoms with van der Waals surface area (Å²) in [5, 5.41) is 12.5. The van der Waals surface area contributed by atoms with Crippen molar-refractivity contribution >= 4 is 5.91 Å². The minimum absolute atomic E-state index is 0.00792. The van der Waals surface area contributed by atoms with E-state index in [2.05, 4.69) is 42.6 Å². The van der Waals surface area contributed by atoms with E-state index in [9.17, 15) is 4.79 Å². The highest BCUT2D eigenvalue weighted by Gasteiger charge is 2.40. The van der Waals surface area contributed by atoms with Gasteiger partial charge in [-0.1, -0.05) is 30.3 Å². The third kappa shape index (κ3) is 3.50. The van der Waals surface area contributed by atoms with Gasteiger partial charge >= 0.3 is 0 Å². The van der Waals surface area contributed by atoms with Crippen LogP contribution in [0.15, 0.2) is 30.3 Å². The zero-order valence-electron chi connectivity index (χ0n) is 13.2. The smallest absolute Gasteiger partial charge is 0.246 e. The van der Waals surface area contributed by atoms with Gasteiger partial charge in [0.25, 0.3) is 0 Å². The molecule has 0 bridgehead atoms. The average molecular weight is 302 g/mol. The molecular formula is C18H26N2O2. The lowest BCUT2D eigenvalue weighted by Crippen LogP contribution is -2.39. The second-order valence-electron chi connectivity index (χ2n) is 6.90. The predicted molar refractivity (Wildman–Crippen MR) is 85.6 cm³/mol. The molecule has 3 unspecified atom stereocenters. The van der Waals surface area contributed by atoms with Crippen molar-refractivity contribution < 1.29 is 10.0 Å². The number of hydrogen-bond donors (Lipinski definition) is 3. The van der Waals surface area contributed by atoms with E-state index < -0.39 is 0 Å². The van der Waals surface area contributed by atoms with E-state index in [0.717, 1.165) is 25.7 Å². The number of amides is 1. The molecule has 0 heterocycles. The maximum Gasteiger partial charge on any atom is 0.246 e. The van der Waals surface area contributed by atoms with E-state index in [1.165, 1.54) is 12.0 Å². The normalized spacial score (nSPS) is 32.3. The van der Waals surface area contributed by atoms with Crippen LogP contribution in [0.4, 0.5) is 0 Å². The quantitative estimate of drug-likeness (QED) is 0.579. The van der Waals surface area contributed by atoms with Crippen LogP contribution in [-0.2, 0) is 4.79 Å². The van der Waals surface area contributed by atoms with Crippen LogP contribution >= 0.6 is 0 Å². The van der Waals surface area contributed by atoms with E-state index in [-0.39, 0.29) is 11.8 Å². The summed E-state index contributed by atoms with van der Waals surface area (Å²) in [5.74, 6) is 1.08. The molecular weight excluding hydrogens is 276 g/mol. The Morgan fingerprint density at radius 1 is 1.18 bits per heavy atom. The van der Waals surface area contributed by atoms with Crippen molar-refractivity contribution in [3.63, 3.8) is 0 Å². The summed E-state index contributed by atoms with van der Waals surface area (Å²) in [6.45, 7) is 2.28. The van der Waals surface area contributed by atoms with Gasteiger partial charge in [0.1, 0.15) is 0 Å². The molecule has 120 valence electrons. The zero-order chi connectivity index (χ0) is 15.5. The third-order valence-corrected chi connectivity index (χ3v) is 5.46. The lowest BCUT2D eigenvalue weighted by Gasteiger charge is -2.32. The van der Waals surface area contributed by atoms with Gasteiger partial charge in [-0.2, -0.15) is 0 Å². The monoisotopic (exact) mass is 302 g/mol. The van der Waals surface area contributed by atoms with Gasteiger partial charge in [0.05, 0.1) is 0 Å². The molecule has 3 atom stereocenters. The fourth-order valence-electron chi connectivity index (χ4n) is 3.89. The molecule has 0 spiro atoms. The summed E-state index contributed by atoms with van der Waals surface area (Å²) in [7, 11) is 0. The molecule has 0 aliphatic heterocycles. The maximum atomic E-state index is 11.5. The molecule has 4 heteroatoms. The molecule has 2 saturated carbocycles. The van der Waals surface area contributed by atoms with Crippen LogP contribution in [0.5, 0.6) is 0 Å². The highest BCUT2D eigenvalue weighted by Crippen LogP contribution is 2.42. The van der Waals surface area contributed by atoms with Crippen molar-refractivity contribution in [2.24, 2.45) is 11.8 Å². The number of carbonyl (C=O) groups excluding carboxylic acids is 1. The van der Waals surface area contributed by atoms with Crippen LogP contribution in [0.3, 0.4) is 0 Å². The highest BCUT2D eigenvalue weighted by molar-refractivity contribution is 5.77. The maximum absolute atomic E-state index is 11.5. The number of benzene rings is 1. The van der Waals surface area contributed by atoms with Crippen LogP contribution in [0.1, 0.15) is 50.5 Å². The molecule has 2 aliphatic rings. The second kappa shape index (κ2) is 6.80. The molecule has 22 heavy (non-hydrogen) atoms. The second-order valence-corrected chi connectivity index (χ2v) is 6.90. The largest absolute Gasteiger partial charge is 0.311 e. The third-order valence-electron chi connectivity index (χ3n) is 5.46. The van der Waals surface area contributed by atoms with E-state index >= 15 is 0 Å². The lowest BCUT2D eigenvalue weighted by molar-refractivity contribution is -0.134. The number of rotatable bonds is 5.